The lowest BCUT2D eigenvalue weighted by Gasteiger charge is -2.08. The third-order valence-electron chi connectivity index (χ3n) is 3.69. The number of carbonyl (C=O) groups excluding carboxylic acids is 1. The first-order valence-electron chi connectivity index (χ1n) is 7.56. The molecule has 0 fully saturated rings. The van der Waals surface area contributed by atoms with Gasteiger partial charge in [-0.1, -0.05) is 24.3 Å². The van der Waals surface area contributed by atoms with E-state index in [9.17, 15) is 24.5 Å². The first-order chi connectivity index (χ1) is 12.5. The summed E-state index contributed by atoms with van der Waals surface area (Å²) < 4.78 is 5.91. The Balaban J connectivity index is 1.75. The summed E-state index contributed by atoms with van der Waals surface area (Å²) in [5.74, 6) is -0.760. The molecule has 26 heavy (non-hydrogen) atoms. The van der Waals surface area contributed by atoms with Crippen molar-refractivity contribution >= 4 is 22.4 Å². The first kappa shape index (κ1) is 17.1. The fourth-order valence-electron chi connectivity index (χ4n) is 2.46. The summed E-state index contributed by atoms with van der Waals surface area (Å²) in [7, 11) is 0. The number of carbonyl (C=O) groups is 1. The SMILES string of the molecule is O=C(Cn1[nH]c(=O)c2ccccc2c1=O)OCc1cccc([N+](=O)[O-])c1. The monoisotopic (exact) mass is 355 g/mol. The van der Waals surface area contributed by atoms with Crippen molar-refractivity contribution in [1.29, 1.82) is 0 Å². The maximum atomic E-state index is 12.3. The highest BCUT2D eigenvalue weighted by molar-refractivity contribution is 5.80. The fraction of sp³-hybridized carbons (Fsp3) is 0.118. The zero-order valence-electron chi connectivity index (χ0n) is 13.4. The van der Waals surface area contributed by atoms with Gasteiger partial charge in [0.25, 0.3) is 16.8 Å². The molecule has 0 saturated heterocycles. The number of rotatable bonds is 5. The molecule has 9 heteroatoms. The van der Waals surface area contributed by atoms with Gasteiger partial charge in [0.1, 0.15) is 13.2 Å². The summed E-state index contributed by atoms with van der Waals surface area (Å²) in [6.45, 7) is -0.666. The standard InChI is InChI=1S/C17H13N3O6/c21-15(26-10-11-4-3-5-12(8-11)20(24)25)9-19-17(23)14-7-2-1-6-13(14)16(22)18-19/h1-8H,9-10H2,(H,18,22). The smallest absolute Gasteiger partial charge is 0.328 e. The highest BCUT2D eigenvalue weighted by atomic mass is 16.6. The number of esters is 1. The zero-order valence-corrected chi connectivity index (χ0v) is 13.4. The van der Waals surface area contributed by atoms with Gasteiger partial charge in [-0.15, -0.1) is 0 Å². The van der Waals surface area contributed by atoms with Crippen LogP contribution in [0.2, 0.25) is 0 Å². The highest BCUT2D eigenvalue weighted by Gasteiger charge is 2.12. The van der Waals surface area contributed by atoms with Crippen LogP contribution in [0.1, 0.15) is 5.56 Å². The van der Waals surface area contributed by atoms with Crippen LogP contribution in [-0.4, -0.2) is 20.7 Å². The summed E-state index contributed by atoms with van der Waals surface area (Å²) in [5.41, 5.74) is -0.695. The number of benzene rings is 2. The van der Waals surface area contributed by atoms with Crippen LogP contribution in [0.25, 0.3) is 10.8 Å². The third-order valence-corrected chi connectivity index (χ3v) is 3.69. The molecule has 1 aromatic heterocycles. The maximum absolute atomic E-state index is 12.3. The summed E-state index contributed by atoms with van der Waals surface area (Å²) in [6, 6.07) is 11.9. The second kappa shape index (κ2) is 7.01. The molecule has 0 spiro atoms. The fourth-order valence-corrected chi connectivity index (χ4v) is 2.46. The summed E-state index contributed by atoms with van der Waals surface area (Å²) in [6.07, 6.45) is 0. The number of nitro benzene ring substituents is 1. The number of hydrogen-bond acceptors (Lipinski definition) is 6. The minimum Gasteiger partial charge on any atom is -0.459 e. The summed E-state index contributed by atoms with van der Waals surface area (Å²) in [4.78, 5) is 46.5. The zero-order chi connectivity index (χ0) is 18.7. The first-order valence-corrected chi connectivity index (χ1v) is 7.56. The molecule has 0 aliphatic carbocycles. The Morgan fingerprint density at radius 1 is 1.12 bits per heavy atom. The lowest BCUT2D eigenvalue weighted by atomic mass is 10.2. The van der Waals surface area contributed by atoms with Crippen molar-refractivity contribution in [3.63, 3.8) is 0 Å². The van der Waals surface area contributed by atoms with E-state index in [-0.39, 0.29) is 23.1 Å². The molecule has 0 radical (unpaired) electrons. The van der Waals surface area contributed by atoms with Gasteiger partial charge < -0.3 is 4.74 Å². The van der Waals surface area contributed by atoms with E-state index in [1.165, 1.54) is 30.3 Å². The van der Waals surface area contributed by atoms with Crippen LogP contribution < -0.4 is 11.1 Å². The molecule has 132 valence electrons. The minimum absolute atomic E-state index is 0.117. The van der Waals surface area contributed by atoms with Gasteiger partial charge in [0.15, 0.2) is 0 Å². The number of aromatic amines is 1. The molecule has 3 aromatic rings. The van der Waals surface area contributed by atoms with Crippen molar-refractivity contribution in [2.75, 3.05) is 0 Å². The molecular weight excluding hydrogens is 342 g/mol. The van der Waals surface area contributed by atoms with Crippen LogP contribution in [0.4, 0.5) is 5.69 Å². The van der Waals surface area contributed by atoms with Crippen LogP contribution >= 0.6 is 0 Å². The molecule has 2 aromatic carbocycles. The molecule has 1 heterocycles. The summed E-state index contributed by atoms with van der Waals surface area (Å²) in [5, 5.41) is 13.5. The number of aromatic nitrogens is 2. The van der Waals surface area contributed by atoms with E-state index < -0.39 is 28.6 Å². The van der Waals surface area contributed by atoms with Crippen LogP contribution in [0.15, 0.2) is 58.1 Å². The van der Waals surface area contributed by atoms with Gasteiger partial charge in [-0.25, -0.2) is 4.68 Å². The van der Waals surface area contributed by atoms with E-state index in [1.54, 1.807) is 18.2 Å². The van der Waals surface area contributed by atoms with Crippen molar-refractivity contribution in [1.82, 2.24) is 9.78 Å². The number of fused-ring (bicyclic) bond motifs is 1. The largest absolute Gasteiger partial charge is 0.459 e. The van der Waals surface area contributed by atoms with Gasteiger partial charge >= 0.3 is 5.97 Å². The lowest BCUT2D eigenvalue weighted by molar-refractivity contribution is -0.384. The molecule has 0 aliphatic rings. The van der Waals surface area contributed by atoms with Crippen molar-refractivity contribution in [3.8, 4) is 0 Å². The number of hydrogen-bond donors (Lipinski definition) is 1. The van der Waals surface area contributed by atoms with Crippen LogP contribution in [-0.2, 0) is 22.7 Å². The topological polar surface area (TPSA) is 124 Å². The maximum Gasteiger partial charge on any atom is 0.328 e. The van der Waals surface area contributed by atoms with E-state index in [4.69, 9.17) is 4.74 Å². The quantitative estimate of drug-likeness (QED) is 0.418. The van der Waals surface area contributed by atoms with E-state index in [1.807, 2.05) is 0 Å². The molecule has 0 saturated carbocycles. The van der Waals surface area contributed by atoms with Crippen LogP contribution in [0.5, 0.6) is 0 Å². The molecule has 0 unspecified atom stereocenters. The van der Waals surface area contributed by atoms with Crippen LogP contribution in [0.3, 0.4) is 0 Å². The van der Waals surface area contributed by atoms with Crippen molar-refractivity contribution < 1.29 is 14.5 Å². The highest BCUT2D eigenvalue weighted by Crippen LogP contribution is 2.13. The molecule has 1 N–H and O–H groups in total. The van der Waals surface area contributed by atoms with E-state index in [2.05, 4.69) is 5.10 Å². The molecule has 0 bridgehead atoms. The van der Waals surface area contributed by atoms with E-state index >= 15 is 0 Å². The minimum atomic E-state index is -0.760. The van der Waals surface area contributed by atoms with Crippen molar-refractivity contribution in [2.24, 2.45) is 0 Å². The average molecular weight is 355 g/mol. The Labute approximate surface area is 145 Å². The average Bonchev–Trinajstić information content (AvgIpc) is 2.64. The number of ether oxygens (including phenoxy) is 1. The molecular formula is C17H13N3O6. The molecule has 0 atom stereocenters. The number of nitrogens with zero attached hydrogens (tertiary/aromatic N) is 2. The van der Waals surface area contributed by atoms with Gasteiger partial charge in [-0.3, -0.25) is 29.6 Å². The van der Waals surface area contributed by atoms with Gasteiger partial charge in [-0.2, -0.15) is 0 Å². The predicted octanol–water partition coefficient (Wildman–Crippen LogP) is 1.34. The van der Waals surface area contributed by atoms with Crippen molar-refractivity contribution in [3.05, 3.63) is 84.9 Å². The Hall–Kier alpha value is -3.75. The van der Waals surface area contributed by atoms with E-state index in [0.717, 1.165) is 4.68 Å². The molecule has 0 amide bonds. The van der Waals surface area contributed by atoms with Gasteiger partial charge in [0.05, 0.1) is 15.7 Å². The van der Waals surface area contributed by atoms with E-state index in [0.29, 0.717) is 5.56 Å². The number of nitrogens with one attached hydrogen (secondary N) is 1. The van der Waals surface area contributed by atoms with Crippen LogP contribution in [0, 0.1) is 10.1 Å². The molecule has 3 rings (SSSR count). The number of non-ortho nitro benzene ring substituents is 1. The Kier molecular flexibility index (Phi) is 4.61. The molecule has 9 nitrogen and oxygen atoms in total. The predicted molar refractivity (Wildman–Crippen MR) is 91.7 cm³/mol. The Bertz CT molecular complexity index is 1120. The van der Waals surface area contributed by atoms with Gasteiger partial charge in [0, 0.05) is 12.1 Å². The third kappa shape index (κ3) is 3.51. The van der Waals surface area contributed by atoms with Gasteiger partial charge in [-0.05, 0) is 17.7 Å². The second-order valence-electron chi connectivity index (χ2n) is 5.47. The van der Waals surface area contributed by atoms with Crippen molar-refractivity contribution in [2.45, 2.75) is 13.2 Å². The normalized spacial score (nSPS) is 10.6. The Morgan fingerprint density at radius 3 is 2.58 bits per heavy atom. The number of nitro groups is 1. The lowest BCUT2D eigenvalue weighted by Crippen LogP contribution is -2.32. The summed E-state index contributed by atoms with van der Waals surface area (Å²) >= 11 is 0. The number of H-pyrrole nitrogens is 1. The van der Waals surface area contributed by atoms with Gasteiger partial charge in [0.2, 0.25) is 0 Å². The Morgan fingerprint density at radius 2 is 1.85 bits per heavy atom. The molecule has 0 aliphatic heterocycles. The second-order valence-corrected chi connectivity index (χ2v) is 5.47.